The first-order chi connectivity index (χ1) is 8.13. The zero-order valence-electron chi connectivity index (χ0n) is 8.97. The summed E-state index contributed by atoms with van der Waals surface area (Å²) in [4.78, 5) is 14.5. The van der Waals surface area contributed by atoms with Gasteiger partial charge in [0.2, 0.25) is 0 Å². The standard InChI is InChI=1S/C10H12BrN3O2S/c11-8-4-3-7(17-8)10(15)14-5-1-2-6(14)9(12)13-16/h3-4,6,16H,1-2,5H2,(H2,12,13). The molecule has 0 saturated carbocycles. The van der Waals surface area contributed by atoms with E-state index in [-0.39, 0.29) is 17.8 Å². The fraction of sp³-hybridized carbons (Fsp3) is 0.400. The van der Waals surface area contributed by atoms with Gasteiger partial charge in [0.05, 0.1) is 14.7 Å². The van der Waals surface area contributed by atoms with Crippen LogP contribution in [-0.2, 0) is 0 Å². The molecule has 1 saturated heterocycles. The lowest BCUT2D eigenvalue weighted by Crippen LogP contribution is -2.43. The van der Waals surface area contributed by atoms with Gasteiger partial charge >= 0.3 is 0 Å². The van der Waals surface area contributed by atoms with Gasteiger partial charge in [-0.05, 0) is 40.9 Å². The first-order valence-electron chi connectivity index (χ1n) is 5.17. The lowest BCUT2D eigenvalue weighted by molar-refractivity contribution is 0.0772. The van der Waals surface area contributed by atoms with Crippen LogP contribution in [0, 0.1) is 0 Å². The summed E-state index contributed by atoms with van der Waals surface area (Å²) < 4.78 is 0.917. The van der Waals surface area contributed by atoms with Crippen LogP contribution in [0.2, 0.25) is 0 Å². The summed E-state index contributed by atoms with van der Waals surface area (Å²) in [6, 6.07) is 3.33. The van der Waals surface area contributed by atoms with Gasteiger partial charge in [-0.3, -0.25) is 4.79 Å². The van der Waals surface area contributed by atoms with Crippen molar-refractivity contribution in [2.24, 2.45) is 10.9 Å². The van der Waals surface area contributed by atoms with Crippen molar-refractivity contribution in [3.8, 4) is 0 Å². The van der Waals surface area contributed by atoms with Gasteiger partial charge in [-0.25, -0.2) is 0 Å². The molecule has 2 rings (SSSR count). The third-order valence-electron chi connectivity index (χ3n) is 2.75. The Morgan fingerprint density at radius 3 is 3.00 bits per heavy atom. The quantitative estimate of drug-likeness (QED) is 0.378. The van der Waals surface area contributed by atoms with E-state index in [0.29, 0.717) is 11.4 Å². The van der Waals surface area contributed by atoms with Crippen LogP contribution < -0.4 is 5.73 Å². The summed E-state index contributed by atoms with van der Waals surface area (Å²) >= 11 is 4.71. The molecule has 1 aliphatic rings. The van der Waals surface area contributed by atoms with Crippen molar-refractivity contribution in [3.63, 3.8) is 0 Å². The third kappa shape index (κ3) is 2.44. The van der Waals surface area contributed by atoms with Crippen molar-refractivity contribution < 1.29 is 10.0 Å². The topological polar surface area (TPSA) is 78.9 Å². The molecule has 1 aromatic rings. The molecule has 17 heavy (non-hydrogen) atoms. The molecule has 1 amide bonds. The van der Waals surface area contributed by atoms with E-state index < -0.39 is 0 Å². The first kappa shape index (κ1) is 12.4. The molecule has 1 atom stereocenters. The van der Waals surface area contributed by atoms with Gasteiger partial charge in [0.1, 0.15) is 0 Å². The average Bonchev–Trinajstić information content (AvgIpc) is 2.95. The van der Waals surface area contributed by atoms with E-state index in [1.54, 1.807) is 11.0 Å². The molecule has 1 aromatic heterocycles. The Balaban J connectivity index is 2.19. The minimum atomic E-state index is -0.284. The highest BCUT2D eigenvalue weighted by Crippen LogP contribution is 2.26. The maximum Gasteiger partial charge on any atom is 0.264 e. The Labute approximate surface area is 111 Å². The smallest absolute Gasteiger partial charge is 0.264 e. The number of amidine groups is 1. The van der Waals surface area contributed by atoms with Crippen molar-refractivity contribution in [2.45, 2.75) is 18.9 Å². The maximum atomic E-state index is 12.2. The normalized spacial score (nSPS) is 20.9. The number of likely N-dealkylation sites (tertiary alicyclic amines) is 1. The Morgan fingerprint density at radius 2 is 2.41 bits per heavy atom. The van der Waals surface area contributed by atoms with Crippen molar-refractivity contribution in [2.75, 3.05) is 6.54 Å². The number of nitrogens with two attached hydrogens (primary N) is 1. The lowest BCUT2D eigenvalue weighted by atomic mass is 10.2. The summed E-state index contributed by atoms with van der Waals surface area (Å²) in [5.41, 5.74) is 5.59. The number of rotatable bonds is 2. The van der Waals surface area contributed by atoms with Gasteiger partial charge in [-0.1, -0.05) is 5.16 Å². The van der Waals surface area contributed by atoms with Crippen LogP contribution in [0.25, 0.3) is 0 Å². The van der Waals surface area contributed by atoms with E-state index in [0.717, 1.165) is 16.6 Å². The summed E-state index contributed by atoms with van der Waals surface area (Å²) in [5, 5.41) is 11.7. The van der Waals surface area contributed by atoms with Crippen LogP contribution in [0.4, 0.5) is 0 Å². The highest BCUT2D eigenvalue weighted by atomic mass is 79.9. The summed E-state index contributed by atoms with van der Waals surface area (Å²) in [5.74, 6) is 0.0428. The summed E-state index contributed by atoms with van der Waals surface area (Å²) in [7, 11) is 0. The van der Waals surface area contributed by atoms with E-state index in [9.17, 15) is 4.79 Å². The number of halogens is 1. The van der Waals surface area contributed by atoms with Crippen LogP contribution in [0.5, 0.6) is 0 Å². The van der Waals surface area contributed by atoms with Crippen LogP contribution in [-0.4, -0.2) is 34.4 Å². The van der Waals surface area contributed by atoms with Gasteiger partial charge in [-0.15, -0.1) is 11.3 Å². The lowest BCUT2D eigenvalue weighted by Gasteiger charge is -2.22. The van der Waals surface area contributed by atoms with Crippen LogP contribution in [0.3, 0.4) is 0 Å². The summed E-state index contributed by atoms with van der Waals surface area (Å²) in [6.45, 7) is 0.648. The highest BCUT2D eigenvalue weighted by molar-refractivity contribution is 9.11. The van der Waals surface area contributed by atoms with Gasteiger partial charge < -0.3 is 15.8 Å². The molecule has 1 fully saturated rings. The fourth-order valence-corrected chi connectivity index (χ4v) is 3.30. The number of amides is 1. The largest absolute Gasteiger partial charge is 0.409 e. The van der Waals surface area contributed by atoms with E-state index in [4.69, 9.17) is 10.9 Å². The van der Waals surface area contributed by atoms with Crippen molar-refractivity contribution in [1.82, 2.24) is 4.90 Å². The Hall–Kier alpha value is -1.08. The van der Waals surface area contributed by atoms with Crippen molar-refractivity contribution in [1.29, 1.82) is 0 Å². The van der Waals surface area contributed by atoms with Crippen molar-refractivity contribution >= 4 is 39.0 Å². The van der Waals surface area contributed by atoms with E-state index in [1.165, 1.54) is 11.3 Å². The zero-order chi connectivity index (χ0) is 12.4. The predicted octanol–water partition coefficient (Wildman–Crippen LogP) is 1.86. The molecule has 3 N–H and O–H groups in total. The molecular weight excluding hydrogens is 306 g/mol. The van der Waals surface area contributed by atoms with Gasteiger partial charge in [0.25, 0.3) is 5.91 Å². The molecule has 7 heteroatoms. The first-order valence-corrected chi connectivity index (χ1v) is 6.78. The second kappa shape index (κ2) is 5.05. The van der Waals surface area contributed by atoms with Gasteiger partial charge in [0.15, 0.2) is 5.84 Å². The number of oxime groups is 1. The average molecular weight is 318 g/mol. The van der Waals surface area contributed by atoms with Crippen LogP contribution in [0.1, 0.15) is 22.5 Å². The fourth-order valence-electron chi connectivity index (χ4n) is 1.95. The SMILES string of the molecule is NC(=NO)C1CCCN1C(=O)c1ccc(Br)s1. The second-order valence-electron chi connectivity index (χ2n) is 3.79. The maximum absolute atomic E-state index is 12.2. The highest BCUT2D eigenvalue weighted by Gasteiger charge is 2.32. The monoisotopic (exact) mass is 317 g/mol. The predicted molar refractivity (Wildman–Crippen MR) is 69.5 cm³/mol. The Bertz CT molecular complexity index is 460. The molecule has 0 spiro atoms. The Morgan fingerprint density at radius 1 is 1.65 bits per heavy atom. The zero-order valence-corrected chi connectivity index (χ0v) is 11.4. The van der Waals surface area contributed by atoms with Crippen LogP contribution in [0.15, 0.2) is 21.1 Å². The number of nitrogens with zero attached hydrogens (tertiary/aromatic N) is 2. The minimum absolute atomic E-state index is 0.0604. The van der Waals surface area contributed by atoms with E-state index >= 15 is 0 Å². The molecule has 0 aromatic carbocycles. The molecule has 92 valence electrons. The third-order valence-corrected chi connectivity index (χ3v) is 4.37. The van der Waals surface area contributed by atoms with Crippen LogP contribution >= 0.6 is 27.3 Å². The molecular formula is C10H12BrN3O2S. The molecule has 0 bridgehead atoms. The molecule has 0 radical (unpaired) electrons. The number of thiophene rings is 1. The number of hydrogen-bond acceptors (Lipinski definition) is 4. The number of carbonyl (C=O) groups is 1. The molecule has 1 aliphatic heterocycles. The Kier molecular flexibility index (Phi) is 3.68. The molecule has 0 aliphatic carbocycles. The number of carbonyl (C=O) groups excluding carboxylic acids is 1. The minimum Gasteiger partial charge on any atom is -0.409 e. The molecule has 2 heterocycles. The van der Waals surface area contributed by atoms with Gasteiger partial charge in [0, 0.05) is 6.54 Å². The second-order valence-corrected chi connectivity index (χ2v) is 6.25. The van der Waals surface area contributed by atoms with Crippen molar-refractivity contribution in [3.05, 3.63) is 20.8 Å². The molecule has 1 unspecified atom stereocenters. The van der Waals surface area contributed by atoms with E-state index in [2.05, 4.69) is 21.1 Å². The van der Waals surface area contributed by atoms with Gasteiger partial charge in [-0.2, -0.15) is 0 Å². The number of hydrogen-bond donors (Lipinski definition) is 2. The van der Waals surface area contributed by atoms with E-state index in [1.807, 2.05) is 6.07 Å². The molecule has 5 nitrogen and oxygen atoms in total. The summed E-state index contributed by atoms with van der Waals surface area (Å²) in [6.07, 6.45) is 1.62.